The van der Waals surface area contributed by atoms with Crippen LogP contribution in [0.4, 0.5) is 11.4 Å². The van der Waals surface area contributed by atoms with Crippen LogP contribution in [0.3, 0.4) is 0 Å². The van der Waals surface area contributed by atoms with Crippen LogP contribution in [0.5, 0.6) is 5.75 Å². The average Bonchev–Trinajstić information content (AvgIpc) is 2.66. The standard InChI is InChI=1S/C17H16N4O6/c1-3-27-16-9-8-12(10-15(16)21(25)26)11(2)18-19-17(22)13-6-4-5-7-14(13)20(23)24/h4-10H,3H2,1-2H3,(H,19,22)/b18-11-. The molecule has 0 unspecified atom stereocenters. The lowest BCUT2D eigenvalue weighted by Gasteiger charge is -2.07. The van der Waals surface area contributed by atoms with Gasteiger partial charge >= 0.3 is 5.69 Å². The summed E-state index contributed by atoms with van der Waals surface area (Å²) in [5, 5.41) is 26.0. The molecule has 0 aliphatic rings. The summed E-state index contributed by atoms with van der Waals surface area (Å²) in [7, 11) is 0. The minimum atomic E-state index is -0.762. The fourth-order valence-corrected chi connectivity index (χ4v) is 2.25. The zero-order chi connectivity index (χ0) is 20.0. The Morgan fingerprint density at radius 3 is 2.41 bits per heavy atom. The highest BCUT2D eigenvalue weighted by atomic mass is 16.6. The number of carbonyl (C=O) groups excluding carboxylic acids is 1. The molecule has 0 aliphatic heterocycles. The molecule has 2 aromatic carbocycles. The van der Waals surface area contributed by atoms with E-state index in [9.17, 15) is 25.0 Å². The van der Waals surface area contributed by atoms with E-state index in [2.05, 4.69) is 10.5 Å². The van der Waals surface area contributed by atoms with Crippen molar-refractivity contribution in [2.75, 3.05) is 6.61 Å². The molecular formula is C17H16N4O6. The van der Waals surface area contributed by atoms with Crippen molar-refractivity contribution < 1.29 is 19.4 Å². The quantitative estimate of drug-likeness (QED) is 0.450. The molecule has 2 rings (SSSR count). The Morgan fingerprint density at radius 2 is 1.78 bits per heavy atom. The van der Waals surface area contributed by atoms with E-state index in [1.807, 2.05) is 0 Å². The summed E-state index contributed by atoms with van der Waals surface area (Å²) in [6, 6.07) is 9.74. The molecule has 1 N–H and O–H groups in total. The highest BCUT2D eigenvalue weighted by Gasteiger charge is 2.19. The number of amides is 1. The van der Waals surface area contributed by atoms with Gasteiger partial charge in [0.2, 0.25) is 0 Å². The molecule has 0 saturated heterocycles. The van der Waals surface area contributed by atoms with E-state index in [0.717, 1.165) is 0 Å². The van der Waals surface area contributed by atoms with E-state index >= 15 is 0 Å². The van der Waals surface area contributed by atoms with Crippen LogP contribution in [0, 0.1) is 20.2 Å². The molecule has 140 valence electrons. The number of ether oxygens (including phenoxy) is 1. The molecule has 27 heavy (non-hydrogen) atoms. The number of carbonyl (C=O) groups is 1. The molecule has 0 radical (unpaired) electrons. The fourth-order valence-electron chi connectivity index (χ4n) is 2.25. The van der Waals surface area contributed by atoms with Crippen molar-refractivity contribution in [3.8, 4) is 5.75 Å². The van der Waals surface area contributed by atoms with Crippen LogP contribution in [-0.2, 0) is 0 Å². The van der Waals surface area contributed by atoms with Gasteiger partial charge in [0.05, 0.1) is 22.2 Å². The zero-order valence-electron chi connectivity index (χ0n) is 14.5. The maximum atomic E-state index is 12.2. The van der Waals surface area contributed by atoms with Crippen molar-refractivity contribution in [3.63, 3.8) is 0 Å². The molecule has 0 bridgehead atoms. The van der Waals surface area contributed by atoms with Crippen molar-refractivity contribution in [2.24, 2.45) is 5.10 Å². The van der Waals surface area contributed by atoms with E-state index < -0.39 is 15.8 Å². The average molecular weight is 372 g/mol. The van der Waals surface area contributed by atoms with Crippen LogP contribution < -0.4 is 10.2 Å². The van der Waals surface area contributed by atoms with E-state index in [1.165, 1.54) is 36.4 Å². The van der Waals surface area contributed by atoms with Gasteiger partial charge in [-0.15, -0.1) is 0 Å². The zero-order valence-corrected chi connectivity index (χ0v) is 14.5. The largest absolute Gasteiger partial charge is 0.487 e. The maximum absolute atomic E-state index is 12.2. The Morgan fingerprint density at radius 1 is 1.11 bits per heavy atom. The molecule has 0 aliphatic carbocycles. The normalized spacial score (nSPS) is 11.0. The fraction of sp³-hybridized carbons (Fsp3) is 0.176. The molecule has 0 atom stereocenters. The van der Waals surface area contributed by atoms with Crippen LogP contribution >= 0.6 is 0 Å². The second-order valence-corrected chi connectivity index (χ2v) is 5.29. The van der Waals surface area contributed by atoms with Crippen molar-refractivity contribution in [2.45, 2.75) is 13.8 Å². The second kappa shape index (κ2) is 8.52. The molecule has 0 aromatic heterocycles. The van der Waals surface area contributed by atoms with Gasteiger partial charge in [0.15, 0.2) is 5.75 Å². The number of rotatable bonds is 7. The summed E-state index contributed by atoms with van der Waals surface area (Å²) in [6.45, 7) is 3.53. The number of benzene rings is 2. The molecule has 1 amide bonds. The minimum absolute atomic E-state index is 0.128. The number of para-hydroxylation sites is 1. The monoisotopic (exact) mass is 372 g/mol. The number of nitro benzene ring substituents is 2. The Hall–Kier alpha value is -3.82. The molecule has 0 heterocycles. The van der Waals surface area contributed by atoms with Crippen molar-refractivity contribution in [1.29, 1.82) is 0 Å². The lowest BCUT2D eigenvalue weighted by molar-refractivity contribution is -0.385. The van der Waals surface area contributed by atoms with Crippen LogP contribution in [0.25, 0.3) is 0 Å². The second-order valence-electron chi connectivity index (χ2n) is 5.29. The number of hydrazone groups is 1. The Kier molecular flexibility index (Phi) is 6.15. The predicted octanol–water partition coefficient (Wildman–Crippen LogP) is 3.06. The van der Waals surface area contributed by atoms with Crippen LogP contribution in [-0.4, -0.2) is 28.1 Å². The smallest absolute Gasteiger partial charge is 0.311 e. The molecule has 0 saturated carbocycles. The van der Waals surface area contributed by atoms with Gasteiger partial charge in [-0.1, -0.05) is 12.1 Å². The van der Waals surface area contributed by atoms with E-state index in [4.69, 9.17) is 4.74 Å². The summed E-state index contributed by atoms with van der Waals surface area (Å²) < 4.78 is 5.21. The van der Waals surface area contributed by atoms with Gasteiger partial charge in [0, 0.05) is 17.7 Å². The lowest BCUT2D eigenvalue weighted by atomic mass is 10.1. The number of hydrogen-bond acceptors (Lipinski definition) is 7. The summed E-state index contributed by atoms with van der Waals surface area (Å²) in [5.74, 6) is -0.634. The number of hydrogen-bond donors (Lipinski definition) is 1. The lowest BCUT2D eigenvalue weighted by Crippen LogP contribution is -2.20. The van der Waals surface area contributed by atoms with Crippen molar-refractivity contribution in [1.82, 2.24) is 5.43 Å². The third kappa shape index (κ3) is 4.63. The minimum Gasteiger partial charge on any atom is -0.487 e. The maximum Gasteiger partial charge on any atom is 0.311 e. The molecule has 10 heteroatoms. The first-order valence-electron chi connectivity index (χ1n) is 7.84. The van der Waals surface area contributed by atoms with E-state index in [0.29, 0.717) is 5.56 Å². The van der Waals surface area contributed by atoms with Gasteiger partial charge in [-0.2, -0.15) is 5.10 Å². The van der Waals surface area contributed by atoms with Gasteiger partial charge in [-0.3, -0.25) is 25.0 Å². The Labute approximate surface area is 153 Å². The van der Waals surface area contributed by atoms with Gasteiger partial charge in [0.25, 0.3) is 11.6 Å². The van der Waals surface area contributed by atoms with Gasteiger partial charge in [0.1, 0.15) is 5.56 Å². The van der Waals surface area contributed by atoms with Crippen LogP contribution in [0.2, 0.25) is 0 Å². The first-order valence-corrected chi connectivity index (χ1v) is 7.84. The Balaban J connectivity index is 2.25. The van der Waals surface area contributed by atoms with Crippen LogP contribution in [0.1, 0.15) is 29.8 Å². The third-order valence-electron chi connectivity index (χ3n) is 3.54. The van der Waals surface area contributed by atoms with Crippen LogP contribution in [0.15, 0.2) is 47.6 Å². The summed E-state index contributed by atoms with van der Waals surface area (Å²) in [6.07, 6.45) is 0. The Bertz CT molecular complexity index is 925. The summed E-state index contributed by atoms with van der Waals surface area (Å²) in [4.78, 5) is 33.1. The highest BCUT2D eigenvalue weighted by Crippen LogP contribution is 2.28. The number of nitro groups is 2. The third-order valence-corrected chi connectivity index (χ3v) is 3.54. The van der Waals surface area contributed by atoms with Gasteiger partial charge in [-0.25, -0.2) is 5.43 Å². The number of nitrogens with zero attached hydrogens (tertiary/aromatic N) is 3. The van der Waals surface area contributed by atoms with E-state index in [-0.39, 0.29) is 35.0 Å². The summed E-state index contributed by atoms with van der Waals surface area (Å²) in [5.41, 5.74) is 2.19. The number of nitrogens with one attached hydrogen (secondary N) is 1. The van der Waals surface area contributed by atoms with Gasteiger partial charge < -0.3 is 4.74 Å². The molecule has 2 aromatic rings. The van der Waals surface area contributed by atoms with Crippen molar-refractivity contribution in [3.05, 3.63) is 73.8 Å². The SMILES string of the molecule is CCOc1ccc(/C(C)=N\NC(=O)c2ccccc2[N+](=O)[O-])cc1[N+](=O)[O-]. The molecule has 10 nitrogen and oxygen atoms in total. The molecule has 0 spiro atoms. The van der Waals surface area contributed by atoms with Crippen molar-refractivity contribution >= 4 is 23.0 Å². The highest BCUT2D eigenvalue weighted by molar-refractivity contribution is 6.02. The molecular weight excluding hydrogens is 356 g/mol. The predicted molar refractivity (Wildman–Crippen MR) is 97.0 cm³/mol. The molecule has 0 fully saturated rings. The topological polar surface area (TPSA) is 137 Å². The van der Waals surface area contributed by atoms with Gasteiger partial charge in [-0.05, 0) is 32.0 Å². The first-order chi connectivity index (χ1) is 12.8. The first kappa shape index (κ1) is 19.5. The summed E-state index contributed by atoms with van der Waals surface area (Å²) >= 11 is 0. The van der Waals surface area contributed by atoms with E-state index in [1.54, 1.807) is 19.9 Å².